The third-order valence-corrected chi connectivity index (χ3v) is 17.8. The van der Waals surface area contributed by atoms with E-state index in [1.807, 2.05) is 18.7 Å². The number of rotatable bonds is 27. The molecule has 29 nitrogen and oxygen atoms in total. The SMILES string of the molecule is CC(C)[C@H](NC(=O)CCCCCN1C(=O)C=CC1=O)C(=O)N[C@@H](CCCNC(N)=O)C(=O)Nc1ccccc1COC(=O)N(C)CCN(C)C(=O)OCC(=O)[C@@H]1Cc2c(O)c3c(c(O)c2C(O[C@H]2C[C@H](N4CCOC[C@H]4O)C(C)[C@H](C)O2)C1)C(=O)c1c(N)cccc1C3=O. The number of aromatic hydroxyl groups is 2. The van der Waals surface area contributed by atoms with E-state index in [0.29, 0.717) is 38.0 Å². The minimum atomic E-state index is -1.23. The quantitative estimate of drug-likeness (QED) is 0.0179. The van der Waals surface area contributed by atoms with Crippen LogP contribution in [0, 0.1) is 17.8 Å². The number of phenols is 2. The summed E-state index contributed by atoms with van der Waals surface area (Å²) in [7, 11) is 2.80. The van der Waals surface area contributed by atoms with E-state index in [-0.39, 0.29) is 135 Å². The molecule has 3 aromatic rings. The number of nitrogens with zero attached hydrogens (tertiary/aromatic N) is 4. The number of hydrogen-bond acceptors (Lipinski definition) is 21. The van der Waals surface area contributed by atoms with Crippen LogP contribution in [-0.2, 0) is 65.5 Å². The molecule has 94 heavy (non-hydrogen) atoms. The van der Waals surface area contributed by atoms with E-state index in [4.69, 9.17) is 35.2 Å². The molecule has 0 bridgehead atoms. The maximum absolute atomic E-state index is 14.2. The summed E-state index contributed by atoms with van der Waals surface area (Å²) in [6, 6.07) is 7.45. The maximum Gasteiger partial charge on any atom is 0.409 e. The average Bonchev–Trinajstić information content (AvgIpc) is 0.774. The van der Waals surface area contributed by atoms with Crippen LogP contribution in [0.2, 0.25) is 0 Å². The molecule has 5 aliphatic rings. The molecule has 8 rings (SSSR count). The summed E-state index contributed by atoms with van der Waals surface area (Å²) >= 11 is 0. The number of nitrogens with one attached hydrogen (secondary N) is 4. The smallest absolute Gasteiger partial charge is 0.409 e. The Bertz CT molecular complexity index is 3410. The number of morpholine rings is 1. The van der Waals surface area contributed by atoms with Gasteiger partial charge in [0.15, 0.2) is 30.2 Å². The number of phenolic OH excluding ortho intramolecular Hbond substituents is 2. The molecule has 0 radical (unpaired) electrons. The lowest BCUT2D eigenvalue weighted by Crippen LogP contribution is -2.58. The predicted octanol–water partition coefficient (Wildman–Crippen LogP) is 3.27. The van der Waals surface area contributed by atoms with Gasteiger partial charge in [0.25, 0.3) is 11.8 Å². The molecule has 3 aliphatic heterocycles. The normalized spacial score (nSPS) is 21.5. The number of likely N-dealkylation sites (N-methyl/N-ethyl adjacent to an activating group) is 2. The Morgan fingerprint density at radius 2 is 1.50 bits per heavy atom. The van der Waals surface area contributed by atoms with Crippen LogP contribution in [0.3, 0.4) is 0 Å². The number of anilines is 2. The summed E-state index contributed by atoms with van der Waals surface area (Å²) in [6.07, 6.45) is -1.33. The Kier molecular flexibility index (Phi) is 23.9. The third kappa shape index (κ3) is 16.8. The fraction of sp³-hybridized carbons (Fsp3) is 0.523. The van der Waals surface area contributed by atoms with Crippen LogP contribution < -0.4 is 32.7 Å². The molecule has 11 N–H and O–H groups in total. The average molecular weight is 1310 g/mol. The molecular weight excluding hydrogens is 1220 g/mol. The van der Waals surface area contributed by atoms with Crippen LogP contribution in [0.1, 0.15) is 134 Å². The van der Waals surface area contributed by atoms with Gasteiger partial charge in [0.05, 0.1) is 42.1 Å². The zero-order valence-electron chi connectivity index (χ0n) is 53.5. The summed E-state index contributed by atoms with van der Waals surface area (Å²) in [5, 5.41) is 45.8. The second-order valence-electron chi connectivity index (χ2n) is 24.6. The van der Waals surface area contributed by atoms with Crippen molar-refractivity contribution in [1.29, 1.82) is 0 Å². The zero-order chi connectivity index (χ0) is 68.2. The molecule has 508 valence electrons. The highest BCUT2D eigenvalue weighted by atomic mass is 16.7. The van der Waals surface area contributed by atoms with E-state index < -0.39 is 131 Å². The number of para-hydroxylation sites is 1. The van der Waals surface area contributed by atoms with Crippen LogP contribution in [-0.4, -0.2) is 203 Å². The first kappa shape index (κ1) is 70.8. The van der Waals surface area contributed by atoms with Crippen molar-refractivity contribution < 1.29 is 91.7 Å². The number of nitrogen functional groups attached to an aromatic ring is 1. The largest absolute Gasteiger partial charge is 0.507 e. The molecule has 2 unspecified atom stereocenters. The first-order chi connectivity index (χ1) is 44.7. The van der Waals surface area contributed by atoms with Crippen LogP contribution in [0.25, 0.3) is 0 Å². The van der Waals surface area contributed by atoms with E-state index in [0.717, 1.165) is 9.80 Å². The Balaban J connectivity index is 0.857. The minimum absolute atomic E-state index is 0.0111. The van der Waals surface area contributed by atoms with Gasteiger partial charge < -0.3 is 81.5 Å². The Morgan fingerprint density at radius 1 is 0.809 bits per heavy atom. The topological polar surface area (TPSA) is 408 Å². The Hall–Kier alpha value is -9.03. The number of fused-ring (bicyclic) bond motifs is 3. The highest BCUT2D eigenvalue weighted by Gasteiger charge is 2.47. The molecule has 2 fully saturated rings. The lowest BCUT2D eigenvalue weighted by Gasteiger charge is -2.48. The van der Waals surface area contributed by atoms with Gasteiger partial charge in [-0.25, -0.2) is 14.4 Å². The molecule has 9 atom stereocenters. The molecule has 0 aromatic heterocycles. The number of unbranched alkanes of at least 4 members (excludes halogenated alkanes) is 2. The van der Waals surface area contributed by atoms with Crippen molar-refractivity contribution in [3.05, 3.63) is 93.6 Å². The van der Waals surface area contributed by atoms with Gasteiger partial charge in [0.1, 0.15) is 36.4 Å². The van der Waals surface area contributed by atoms with E-state index in [1.54, 1.807) is 38.1 Å². The standard InChI is InChI=1S/C65H84N10O19/c1-34(2)56(71-47(77)19-8-7-11-23-75-48(78)20-21-49(75)79)62(86)70-43(18-13-22-68-63(67)87)61(85)69-42-17-10-9-14-37(42)31-91-64(88)72(5)24-25-73(6)65(89)92-32-45(76)38-28-40-53(60(84)55-54(58(40)82)57(81)39-15-12-16-41(66)52(39)59(55)83)46(29-38)94-51-30-44(35(3)36(4)93-51)74-26-27-90-33-50(74)80/h9-10,12,14-17,20-21,34-36,38,43-44,46,50-51,56,80,82,84H,7-8,11,13,18-19,22-33,66H2,1-6H3,(H,69,85)(H,70,86)(H,71,77)(H3,67,68,87)/t35?,36-,38+,43-,44-,46?,50+,51-,56-/m0/s1. The number of primary amides is 1. The fourth-order valence-electron chi connectivity index (χ4n) is 12.3. The first-order valence-electron chi connectivity index (χ1n) is 31.5. The number of benzene rings is 3. The van der Waals surface area contributed by atoms with Gasteiger partial charge in [-0.3, -0.25) is 48.2 Å². The number of aliphatic hydroxyl groups is 1. The number of aliphatic hydroxyl groups excluding tert-OH is 1. The minimum Gasteiger partial charge on any atom is -0.507 e. The highest BCUT2D eigenvalue weighted by Crippen LogP contribution is 2.52. The van der Waals surface area contributed by atoms with E-state index in [9.17, 15) is 68.1 Å². The number of carbonyl (C=O) groups is 11. The third-order valence-electron chi connectivity index (χ3n) is 17.8. The number of ketones is 3. The van der Waals surface area contributed by atoms with Crippen molar-refractivity contribution in [2.45, 2.75) is 135 Å². The fourth-order valence-corrected chi connectivity index (χ4v) is 12.3. The highest BCUT2D eigenvalue weighted by molar-refractivity contribution is 6.32. The second kappa shape index (κ2) is 31.7. The number of amides is 9. The number of carbonyl (C=O) groups excluding carboxylic acids is 11. The van der Waals surface area contributed by atoms with Gasteiger partial charge in [-0.1, -0.05) is 57.5 Å². The number of hydrogen-bond donors (Lipinski definition) is 9. The van der Waals surface area contributed by atoms with Crippen molar-refractivity contribution >= 4 is 76.5 Å². The molecule has 0 spiro atoms. The molecule has 2 saturated heterocycles. The molecule has 0 saturated carbocycles. The molecular formula is C65H84N10O19. The summed E-state index contributed by atoms with van der Waals surface area (Å²) in [6.45, 7) is 7.22. The number of nitrogens with two attached hydrogens (primary N) is 2. The van der Waals surface area contributed by atoms with Crippen LogP contribution in [0.4, 0.5) is 25.8 Å². The molecule has 3 heterocycles. The first-order valence-corrected chi connectivity index (χ1v) is 31.5. The maximum atomic E-state index is 14.2. The lowest BCUT2D eigenvalue weighted by molar-refractivity contribution is -0.254. The summed E-state index contributed by atoms with van der Waals surface area (Å²) in [5.74, 6) is -7.48. The number of Topliss-reactive ketones (excluding diaryl/α,β-unsaturated/α-hetero) is 1. The van der Waals surface area contributed by atoms with Gasteiger partial charge in [-0.05, 0) is 69.4 Å². The van der Waals surface area contributed by atoms with E-state index in [2.05, 4.69) is 21.3 Å². The Morgan fingerprint density at radius 3 is 2.19 bits per heavy atom. The van der Waals surface area contributed by atoms with Crippen molar-refractivity contribution in [3.8, 4) is 11.5 Å². The second-order valence-corrected chi connectivity index (χ2v) is 24.6. The van der Waals surface area contributed by atoms with Gasteiger partial charge in [0.2, 0.25) is 17.7 Å². The van der Waals surface area contributed by atoms with Crippen LogP contribution in [0.15, 0.2) is 54.6 Å². The molecule has 29 heteroatoms. The lowest BCUT2D eigenvalue weighted by atomic mass is 9.73. The van der Waals surface area contributed by atoms with Gasteiger partial charge in [0, 0.05) is 117 Å². The van der Waals surface area contributed by atoms with Gasteiger partial charge >= 0.3 is 18.2 Å². The molecule has 3 aromatic carbocycles. The number of imide groups is 1. The Labute approximate surface area is 543 Å². The van der Waals surface area contributed by atoms with Crippen molar-refractivity contribution in [1.82, 2.24) is 35.6 Å². The van der Waals surface area contributed by atoms with Gasteiger partial charge in [-0.2, -0.15) is 0 Å². The van der Waals surface area contributed by atoms with Gasteiger partial charge in [-0.15, -0.1) is 0 Å². The number of urea groups is 1. The summed E-state index contributed by atoms with van der Waals surface area (Å²) in [5.41, 5.74) is 10.8. The van der Waals surface area contributed by atoms with E-state index in [1.165, 1.54) is 49.3 Å². The van der Waals surface area contributed by atoms with Crippen molar-refractivity contribution in [3.63, 3.8) is 0 Å². The predicted molar refractivity (Wildman–Crippen MR) is 335 cm³/mol. The number of ether oxygens (including phenoxy) is 5. The van der Waals surface area contributed by atoms with Crippen molar-refractivity contribution in [2.24, 2.45) is 23.5 Å². The zero-order valence-corrected chi connectivity index (χ0v) is 53.5. The summed E-state index contributed by atoms with van der Waals surface area (Å²) < 4.78 is 29.6. The van der Waals surface area contributed by atoms with Crippen molar-refractivity contribution in [2.75, 3.05) is 77.7 Å². The van der Waals surface area contributed by atoms with Crippen LogP contribution >= 0.6 is 0 Å². The monoisotopic (exact) mass is 1310 g/mol. The van der Waals surface area contributed by atoms with E-state index >= 15 is 0 Å². The molecule has 2 aliphatic carbocycles. The summed E-state index contributed by atoms with van der Waals surface area (Å²) in [4.78, 5) is 151. The molecule has 9 amide bonds. The van der Waals surface area contributed by atoms with Crippen LogP contribution in [0.5, 0.6) is 11.5 Å².